The van der Waals surface area contributed by atoms with Crippen LogP contribution in [0.3, 0.4) is 0 Å². The molecule has 0 spiro atoms. The first kappa shape index (κ1) is 5.96. The Morgan fingerprint density at radius 2 is 2.20 bits per heavy atom. The van der Waals surface area contributed by atoms with Gasteiger partial charge in [-0.25, -0.2) is 0 Å². The maximum Gasteiger partial charge on any atom is 0.0239 e. The van der Waals surface area contributed by atoms with E-state index in [2.05, 4.69) is 29.8 Å². The number of likely N-dealkylation sites (N-methyl/N-ethyl adjacent to an activating group) is 1. The van der Waals surface area contributed by atoms with Gasteiger partial charge in [-0.05, 0) is 36.8 Å². The molecule has 1 nitrogen and oxygen atoms in total. The van der Waals surface area contributed by atoms with Crippen LogP contribution in [0.2, 0.25) is 0 Å². The number of hydrogen-bond donors (Lipinski definition) is 0. The van der Waals surface area contributed by atoms with Crippen LogP contribution in [-0.4, -0.2) is 25.0 Å². The number of nitrogens with zero attached hydrogens (tertiary/aromatic N) is 1. The molecule has 2 aliphatic rings. The van der Waals surface area contributed by atoms with E-state index in [4.69, 9.17) is 0 Å². The smallest absolute Gasteiger partial charge is 0.0239 e. The lowest BCUT2D eigenvalue weighted by Gasteiger charge is -2.22. The predicted octanol–water partition coefficient (Wildman–Crippen LogP) is 1.34. The highest BCUT2D eigenvalue weighted by Gasteiger charge is 2.13. The van der Waals surface area contributed by atoms with E-state index in [-0.39, 0.29) is 0 Å². The molecule has 0 unspecified atom stereocenters. The summed E-state index contributed by atoms with van der Waals surface area (Å²) in [7, 11) is 2.16. The summed E-state index contributed by atoms with van der Waals surface area (Å²) in [4.78, 5) is 2.34. The molecule has 0 atom stereocenters. The highest BCUT2D eigenvalue weighted by Crippen LogP contribution is 2.21. The van der Waals surface area contributed by atoms with Gasteiger partial charge in [-0.2, -0.15) is 0 Å². The van der Waals surface area contributed by atoms with E-state index in [1.54, 1.807) is 0 Å². The molecule has 10 heavy (non-hydrogen) atoms. The molecule has 52 valence electrons. The topological polar surface area (TPSA) is 3.24 Å². The average molecular weight is 133 g/mol. The predicted molar refractivity (Wildman–Crippen MR) is 41.8 cm³/mol. The quantitative estimate of drug-likeness (QED) is 0.451. The van der Waals surface area contributed by atoms with Crippen LogP contribution in [0, 0.1) is 0 Å². The summed E-state index contributed by atoms with van der Waals surface area (Å²) in [6.07, 6.45) is 5.42. The zero-order valence-electron chi connectivity index (χ0n) is 6.22. The van der Waals surface area contributed by atoms with Gasteiger partial charge >= 0.3 is 0 Å². The molecule has 0 fully saturated rings. The SMILES string of the molecule is CN1CCC2=C(C=C=C2)C1. The van der Waals surface area contributed by atoms with Crippen molar-refractivity contribution in [3.8, 4) is 0 Å². The molecule has 0 saturated heterocycles. The summed E-state index contributed by atoms with van der Waals surface area (Å²) in [5.41, 5.74) is 6.10. The van der Waals surface area contributed by atoms with Gasteiger partial charge in [0.2, 0.25) is 0 Å². The molecular weight excluding hydrogens is 122 g/mol. The van der Waals surface area contributed by atoms with Crippen LogP contribution < -0.4 is 0 Å². The Hall–Kier alpha value is -0.780. The third-order valence-corrected chi connectivity index (χ3v) is 2.13. The summed E-state index contributed by atoms with van der Waals surface area (Å²) in [6.45, 7) is 2.31. The van der Waals surface area contributed by atoms with Gasteiger partial charge in [0.1, 0.15) is 0 Å². The lowest BCUT2D eigenvalue weighted by molar-refractivity contribution is 0.354. The Labute approximate surface area is 61.3 Å². The molecule has 1 aliphatic carbocycles. The van der Waals surface area contributed by atoms with Crippen LogP contribution >= 0.6 is 0 Å². The van der Waals surface area contributed by atoms with E-state index in [0.29, 0.717) is 0 Å². The normalized spacial score (nSPS) is 24.1. The Morgan fingerprint density at radius 1 is 1.40 bits per heavy atom. The fraction of sp³-hybridized carbons (Fsp3) is 0.444. The standard InChI is InChI=1S/C9H11N/c1-10-6-5-8-3-2-4-9(8)7-10/h3-4H,5-7H2,1H3. The molecule has 1 heteroatoms. The van der Waals surface area contributed by atoms with E-state index in [9.17, 15) is 0 Å². The average Bonchev–Trinajstić information content (AvgIpc) is 2.33. The Bertz CT molecular complexity index is 241. The van der Waals surface area contributed by atoms with Gasteiger partial charge in [0.25, 0.3) is 0 Å². The molecule has 2 rings (SSSR count). The maximum atomic E-state index is 3.13. The fourth-order valence-electron chi connectivity index (χ4n) is 1.49. The number of rotatable bonds is 0. The first-order valence-corrected chi connectivity index (χ1v) is 3.69. The fourth-order valence-corrected chi connectivity index (χ4v) is 1.49. The molecule has 0 saturated carbocycles. The highest BCUT2D eigenvalue weighted by molar-refractivity contribution is 5.41. The van der Waals surface area contributed by atoms with E-state index in [1.807, 2.05) is 0 Å². The molecule has 0 bridgehead atoms. The Morgan fingerprint density at radius 3 is 3.10 bits per heavy atom. The zero-order valence-corrected chi connectivity index (χ0v) is 6.22. The molecule has 0 aromatic carbocycles. The summed E-state index contributed by atoms with van der Waals surface area (Å²) in [5, 5.41) is 0. The third-order valence-electron chi connectivity index (χ3n) is 2.13. The van der Waals surface area contributed by atoms with Crippen molar-refractivity contribution in [2.45, 2.75) is 6.42 Å². The van der Waals surface area contributed by atoms with Crippen molar-refractivity contribution in [1.29, 1.82) is 0 Å². The van der Waals surface area contributed by atoms with Crippen molar-refractivity contribution >= 4 is 0 Å². The second-order valence-corrected chi connectivity index (χ2v) is 2.99. The molecular formula is C9H11N. The van der Waals surface area contributed by atoms with Crippen molar-refractivity contribution in [3.05, 3.63) is 29.0 Å². The van der Waals surface area contributed by atoms with Gasteiger partial charge in [-0.3, -0.25) is 0 Å². The lowest BCUT2D eigenvalue weighted by Crippen LogP contribution is -2.26. The summed E-state index contributed by atoms with van der Waals surface area (Å²) in [5.74, 6) is 0. The second-order valence-electron chi connectivity index (χ2n) is 2.99. The van der Waals surface area contributed by atoms with Crippen molar-refractivity contribution < 1.29 is 0 Å². The van der Waals surface area contributed by atoms with Crippen molar-refractivity contribution in [2.24, 2.45) is 0 Å². The maximum absolute atomic E-state index is 3.13. The molecule has 0 aromatic heterocycles. The van der Waals surface area contributed by atoms with Gasteiger partial charge in [0.15, 0.2) is 0 Å². The van der Waals surface area contributed by atoms with Crippen LogP contribution in [0.15, 0.2) is 29.0 Å². The minimum absolute atomic E-state index is 1.11. The van der Waals surface area contributed by atoms with Crippen molar-refractivity contribution in [3.63, 3.8) is 0 Å². The first-order chi connectivity index (χ1) is 4.86. The van der Waals surface area contributed by atoms with Crippen molar-refractivity contribution in [2.75, 3.05) is 20.1 Å². The molecule has 1 aliphatic heterocycles. The Kier molecular flexibility index (Phi) is 1.26. The van der Waals surface area contributed by atoms with E-state index in [1.165, 1.54) is 24.1 Å². The van der Waals surface area contributed by atoms with E-state index < -0.39 is 0 Å². The van der Waals surface area contributed by atoms with Gasteiger partial charge in [0, 0.05) is 13.1 Å². The minimum atomic E-state index is 1.11. The molecule has 0 aromatic rings. The molecule has 1 heterocycles. The monoisotopic (exact) mass is 133 g/mol. The summed E-state index contributed by atoms with van der Waals surface area (Å²) in [6, 6.07) is 0. The van der Waals surface area contributed by atoms with Crippen LogP contribution in [-0.2, 0) is 0 Å². The number of hydrogen-bond acceptors (Lipinski definition) is 1. The first-order valence-electron chi connectivity index (χ1n) is 3.69. The van der Waals surface area contributed by atoms with Gasteiger partial charge in [0.05, 0.1) is 0 Å². The largest absolute Gasteiger partial charge is 0.302 e. The molecule has 0 radical (unpaired) electrons. The van der Waals surface area contributed by atoms with Crippen LogP contribution in [0.4, 0.5) is 0 Å². The second kappa shape index (κ2) is 2.12. The molecule has 0 N–H and O–H groups in total. The third kappa shape index (κ3) is 0.841. The lowest BCUT2D eigenvalue weighted by atomic mass is 10.0. The minimum Gasteiger partial charge on any atom is -0.302 e. The molecule has 0 amide bonds. The van der Waals surface area contributed by atoms with Crippen molar-refractivity contribution in [1.82, 2.24) is 4.90 Å². The zero-order chi connectivity index (χ0) is 6.97. The Balaban J connectivity index is 2.24. The summed E-state index contributed by atoms with van der Waals surface area (Å²) < 4.78 is 0. The van der Waals surface area contributed by atoms with Crippen LogP contribution in [0.5, 0.6) is 0 Å². The van der Waals surface area contributed by atoms with E-state index >= 15 is 0 Å². The van der Waals surface area contributed by atoms with Crippen LogP contribution in [0.25, 0.3) is 0 Å². The van der Waals surface area contributed by atoms with Gasteiger partial charge in [-0.1, -0.05) is 0 Å². The van der Waals surface area contributed by atoms with Crippen LogP contribution in [0.1, 0.15) is 6.42 Å². The summed E-state index contributed by atoms with van der Waals surface area (Å²) >= 11 is 0. The highest BCUT2D eigenvalue weighted by atomic mass is 15.1. The van der Waals surface area contributed by atoms with Gasteiger partial charge in [-0.15, -0.1) is 5.73 Å². The van der Waals surface area contributed by atoms with Gasteiger partial charge < -0.3 is 4.90 Å². The van der Waals surface area contributed by atoms with E-state index in [0.717, 1.165) is 6.54 Å².